The van der Waals surface area contributed by atoms with Gasteiger partial charge in [-0.05, 0) is 42.7 Å². The number of halogens is 1. The highest BCUT2D eigenvalue weighted by molar-refractivity contribution is 6.30. The predicted molar refractivity (Wildman–Crippen MR) is 66.0 cm³/mol. The molecule has 1 aromatic carbocycles. The van der Waals surface area contributed by atoms with Gasteiger partial charge in [0, 0.05) is 17.3 Å². The van der Waals surface area contributed by atoms with Gasteiger partial charge < -0.3 is 9.64 Å². The van der Waals surface area contributed by atoms with Crippen LogP contribution in [0.1, 0.15) is 12.0 Å². The fraction of sp³-hybridized carbons (Fsp3) is 0.385. The topological polar surface area (TPSA) is 12.5 Å². The molecule has 0 saturated carbocycles. The summed E-state index contributed by atoms with van der Waals surface area (Å²) in [5.74, 6) is 0. The molecule has 0 radical (unpaired) electrons. The van der Waals surface area contributed by atoms with Gasteiger partial charge in [0.2, 0.25) is 0 Å². The van der Waals surface area contributed by atoms with E-state index in [1.807, 2.05) is 6.07 Å². The lowest BCUT2D eigenvalue weighted by atomic mass is 10.0. The number of aryl methyl sites for hydroxylation is 1. The van der Waals surface area contributed by atoms with Crippen molar-refractivity contribution in [3.63, 3.8) is 0 Å². The molecule has 16 heavy (non-hydrogen) atoms. The van der Waals surface area contributed by atoms with Gasteiger partial charge >= 0.3 is 0 Å². The zero-order valence-electron chi connectivity index (χ0n) is 9.03. The largest absolute Gasteiger partial charge is 0.499 e. The first kappa shape index (κ1) is 10.0. The third-order valence-electron chi connectivity index (χ3n) is 3.26. The van der Waals surface area contributed by atoms with Gasteiger partial charge in [-0.3, -0.25) is 0 Å². The summed E-state index contributed by atoms with van der Waals surface area (Å²) in [5.41, 5.74) is 2.68. The average Bonchev–Trinajstić information content (AvgIpc) is 2.81. The van der Waals surface area contributed by atoms with Crippen LogP contribution in [0.15, 0.2) is 30.5 Å². The Kier molecular flexibility index (Phi) is 2.52. The van der Waals surface area contributed by atoms with Crippen LogP contribution in [0, 0.1) is 0 Å². The molecule has 84 valence electrons. The van der Waals surface area contributed by atoms with E-state index >= 15 is 0 Å². The zero-order chi connectivity index (χ0) is 11.0. The maximum atomic E-state index is 6.03. The predicted octanol–water partition coefficient (Wildman–Crippen LogP) is 3.01. The highest BCUT2D eigenvalue weighted by Gasteiger charge is 2.24. The van der Waals surface area contributed by atoms with E-state index in [9.17, 15) is 0 Å². The molecule has 0 spiro atoms. The van der Waals surface area contributed by atoms with Crippen molar-refractivity contribution in [1.82, 2.24) is 0 Å². The molecule has 0 aliphatic carbocycles. The molecular formula is C13H14ClNO. The fourth-order valence-electron chi connectivity index (χ4n) is 2.49. The molecule has 3 heteroatoms. The van der Waals surface area contributed by atoms with Crippen LogP contribution in [0.3, 0.4) is 0 Å². The lowest BCUT2D eigenvalue weighted by molar-refractivity contribution is 0.265. The number of hydrogen-bond acceptors (Lipinski definition) is 2. The van der Waals surface area contributed by atoms with Crippen molar-refractivity contribution in [1.29, 1.82) is 0 Å². The Morgan fingerprint density at radius 2 is 2.31 bits per heavy atom. The number of nitrogens with zero attached hydrogens (tertiary/aromatic N) is 1. The third kappa shape index (κ3) is 1.67. The van der Waals surface area contributed by atoms with E-state index in [1.54, 1.807) is 6.26 Å². The van der Waals surface area contributed by atoms with Crippen LogP contribution >= 0.6 is 11.6 Å². The van der Waals surface area contributed by atoms with Gasteiger partial charge in [-0.15, -0.1) is 0 Å². The van der Waals surface area contributed by atoms with Gasteiger partial charge in [-0.25, -0.2) is 0 Å². The van der Waals surface area contributed by atoms with Crippen LogP contribution in [-0.4, -0.2) is 19.2 Å². The second-order valence-electron chi connectivity index (χ2n) is 4.30. The summed E-state index contributed by atoms with van der Waals surface area (Å²) in [6, 6.07) is 6.57. The molecule has 2 aliphatic heterocycles. The monoisotopic (exact) mass is 235 g/mol. The second kappa shape index (κ2) is 4.02. The van der Waals surface area contributed by atoms with Gasteiger partial charge in [0.1, 0.15) is 6.61 Å². The van der Waals surface area contributed by atoms with Crippen LogP contribution in [0.5, 0.6) is 0 Å². The van der Waals surface area contributed by atoms with Gasteiger partial charge in [0.25, 0.3) is 0 Å². The smallest absolute Gasteiger partial charge is 0.111 e. The summed E-state index contributed by atoms with van der Waals surface area (Å²) < 4.78 is 5.30. The van der Waals surface area contributed by atoms with Crippen LogP contribution in [0.2, 0.25) is 5.02 Å². The van der Waals surface area contributed by atoms with E-state index in [2.05, 4.69) is 23.1 Å². The van der Waals surface area contributed by atoms with Crippen molar-refractivity contribution >= 4 is 17.3 Å². The highest BCUT2D eigenvalue weighted by Crippen LogP contribution is 2.31. The third-order valence-corrected chi connectivity index (χ3v) is 3.50. The van der Waals surface area contributed by atoms with E-state index < -0.39 is 0 Å². The Balaban J connectivity index is 1.96. The molecule has 1 aromatic rings. The van der Waals surface area contributed by atoms with Crippen molar-refractivity contribution in [2.75, 3.05) is 18.1 Å². The van der Waals surface area contributed by atoms with Gasteiger partial charge in [-0.2, -0.15) is 0 Å². The summed E-state index contributed by atoms with van der Waals surface area (Å²) in [6.07, 6.45) is 6.25. The minimum absolute atomic E-state index is 0.389. The van der Waals surface area contributed by atoms with Gasteiger partial charge in [-0.1, -0.05) is 11.6 Å². The summed E-state index contributed by atoms with van der Waals surface area (Å²) in [7, 11) is 0. The van der Waals surface area contributed by atoms with Crippen LogP contribution in [0.25, 0.3) is 0 Å². The second-order valence-corrected chi connectivity index (χ2v) is 4.74. The number of ether oxygens (including phenoxy) is 1. The molecule has 0 unspecified atom stereocenters. The van der Waals surface area contributed by atoms with Crippen LogP contribution in [-0.2, 0) is 11.2 Å². The zero-order valence-corrected chi connectivity index (χ0v) is 9.78. The molecule has 0 amide bonds. The minimum atomic E-state index is 0.389. The first-order chi connectivity index (χ1) is 7.84. The molecule has 0 saturated heterocycles. The Morgan fingerprint density at radius 3 is 3.12 bits per heavy atom. The van der Waals surface area contributed by atoms with Gasteiger partial charge in [0.05, 0.1) is 12.3 Å². The lowest BCUT2D eigenvalue weighted by Crippen LogP contribution is -2.39. The maximum absolute atomic E-state index is 6.03. The van der Waals surface area contributed by atoms with Crippen molar-refractivity contribution < 1.29 is 4.74 Å². The van der Waals surface area contributed by atoms with Crippen molar-refractivity contribution in [3.8, 4) is 0 Å². The molecule has 0 fully saturated rings. The first-order valence-electron chi connectivity index (χ1n) is 5.68. The Bertz CT molecular complexity index is 430. The molecule has 0 bridgehead atoms. The summed E-state index contributed by atoms with van der Waals surface area (Å²) in [4.78, 5) is 2.42. The van der Waals surface area contributed by atoms with E-state index in [1.165, 1.54) is 17.7 Å². The van der Waals surface area contributed by atoms with E-state index in [0.717, 1.165) is 24.6 Å². The molecule has 1 atom stereocenters. The Hall–Kier alpha value is -1.15. The lowest BCUT2D eigenvalue weighted by Gasteiger charge is -2.34. The van der Waals surface area contributed by atoms with Crippen LogP contribution < -0.4 is 4.90 Å². The van der Waals surface area contributed by atoms with Gasteiger partial charge in [0.15, 0.2) is 0 Å². The molecule has 0 aromatic heterocycles. The minimum Gasteiger partial charge on any atom is -0.499 e. The SMILES string of the molecule is Clc1ccc2c(c1)CCCN2[C@H]1C=COC1. The standard InChI is InChI=1S/C13H14ClNO/c14-11-3-4-13-10(8-11)2-1-6-15(13)12-5-7-16-9-12/h3-5,7-8,12H,1-2,6,9H2/t12-/m0/s1. The van der Waals surface area contributed by atoms with Crippen molar-refractivity contribution in [3.05, 3.63) is 41.1 Å². The molecule has 2 nitrogen and oxygen atoms in total. The number of anilines is 1. The number of hydrogen-bond donors (Lipinski definition) is 0. The molecule has 2 aliphatic rings. The normalized spacial score (nSPS) is 23.1. The summed E-state index contributed by atoms with van der Waals surface area (Å²) in [5, 5.41) is 0.832. The number of benzene rings is 1. The van der Waals surface area contributed by atoms with Crippen molar-refractivity contribution in [2.45, 2.75) is 18.9 Å². The quantitative estimate of drug-likeness (QED) is 0.742. The van der Waals surface area contributed by atoms with E-state index in [0.29, 0.717) is 6.04 Å². The molecule has 0 N–H and O–H groups in total. The number of fused-ring (bicyclic) bond motifs is 1. The fourth-order valence-corrected chi connectivity index (χ4v) is 2.68. The summed E-state index contributed by atoms with van der Waals surface area (Å²) >= 11 is 6.03. The molecule has 3 rings (SSSR count). The Morgan fingerprint density at radius 1 is 1.38 bits per heavy atom. The Labute approximate surface area is 100 Å². The van der Waals surface area contributed by atoms with E-state index in [-0.39, 0.29) is 0 Å². The first-order valence-corrected chi connectivity index (χ1v) is 6.06. The van der Waals surface area contributed by atoms with E-state index in [4.69, 9.17) is 16.3 Å². The molecule has 2 heterocycles. The highest BCUT2D eigenvalue weighted by atomic mass is 35.5. The molecular weight excluding hydrogens is 222 g/mol. The maximum Gasteiger partial charge on any atom is 0.111 e. The summed E-state index contributed by atoms with van der Waals surface area (Å²) in [6.45, 7) is 1.87. The average molecular weight is 236 g/mol. The number of rotatable bonds is 1. The van der Waals surface area contributed by atoms with Crippen molar-refractivity contribution in [2.24, 2.45) is 0 Å². The van der Waals surface area contributed by atoms with Crippen LogP contribution in [0.4, 0.5) is 5.69 Å².